The lowest BCUT2D eigenvalue weighted by Gasteiger charge is -2.43. The Hall–Kier alpha value is -4.04. The van der Waals surface area contributed by atoms with Crippen molar-refractivity contribution in [3.8, 4) is 11.5 Å². The molecule has 0 radical (unpaired) electrons. The van der Waals surface area contributed by atoms with Gasteiger partial charge < -0.3 is 9.47 Å². The molecule has 2 fully saturated rings. The summed E-state index contributed by atoms with van der Waals surface area (Å²) in [6, 6.07) is 34.3. The predicted molar refractivity (Wildman–Crippen MR) is 273 cm³/mol. The zero-order chi connectivity index (χ0) is 47.7. The fourth-order valence-corrected chi connectivity index (χ4v) is 13.5. The molecular weight excluding hydrogens is 901 g/mol. The molecule has 68 heavy (non-hydrogen) atoms. The van der Waals surface area contributed by atoms with Crippen LogP contribution in [0.2, 0.25) is 0 Å². The molecule has 0 N–H and O–H groups in total. The molecular formula is C56H68F4N4O2S2. The zero-order valence-electron chi connectivity index (χ0n) is 40.5. The highest BCUT2D eigenvalue weighted by Crippen LogP contribution is 2.48. The van der Waals surface area contributed by atoms with Crippen molar-refractivity contribution in [1.29, 1.82) is 0 Å². The molecule has 0 amide bonds. The van der Waals surface area contributed by atoms with Gasteiger partial charge in [0.1, 0.15) is 36.1 Å². The molecule has 364 valence electrons. The van der Waals surface area contributed by atoms with Crippen LogP contribution >= 0.6 is 22.7 Å². The van der Waals surface area contributed by atoms with E-state index < -0.39 is 11.3 Å². The Bertz CT molecular complexity index is 2410. The zero-order valence-corrected chi connectivity index (χ0v) is 42.2. The molecule has 2 aromatic heterocycles. The fourth-order valence-electron chi connectivity index (χ4n) is 10.8. The van der Waals surface area contributed by atoms with E-state index in [1.54, 1.807) is 27.7 Å². The molecule has 6 aromatic rings. The molecule has 4 atom stereocenters. The minimum absolute atomic E-state index is 0.0118. The lowest BCUT2D eigenvalue weighted by molar-refractivity contribution is 0.0666. The Morgan fingerprint density at radius 3 is 1.26 bits per heavy atom. The van der Waals surface area contributed by atoms with Crippen LogP contribution in [0.15, 0.2) is 97.1 Å². The van der Waals surface area contributed by atoms with E-state index in [1.165, 1.54) is 52.2 Å². The van der Waals surface area contributed by atoms with Crippen molar-refractivity contribution in [2.75, 3.05) is 78.9 Å². The molecule has 0 unspecified atom stereocenters. The normalized spacial score (nSPS) is 22.0. The van der Waals surface area contributed by atoms with E-state index in [9.17, 15) is 17.6 Å². The van der Waals surface area contributed by atoms with Crippen LogP contribution in [0, 0.1) is 11.8 Å². The summed E-state index contributed by atoms with van der Waals surface area (Å²) < 4.78 is 69.6. The second-order valence-corrected chi connectivity index (χ2v) is 23.2. The van der Waals surface area contributed by atoms with Gasteiger partial charge in [-0.1, -0.05) is 60.7 Å². The van der Waals surface area contributed by atoms with E-state index in [2.05, 4.69) is 106 Å². The monoisotopic (exact) mass is 968 g/mol. The first kappa shape index (κ1) is 49.0. The largest absolute Gasteiger partial charge is 0.492 e. The summed E-state index contributed by atoms with van der Waals surface area (Å²) in [5.74, 6) is 2.07. The van der Waals surface area contributed by atoms with Crippen LogP contribution < -0.4 is 9.47 Å². The minimum atomic E-state index is -1.28. The van der Waals surface area contributed by atoms with Gasteiger partial charge in [-0.2, -0.15) is 0 Å². The number of halogens is 4. The van der Waals surface area contributed by atoms with Crippen LogP contribution in [0.5, 0.6) is 11.5 Å². The number of benzene rings is 4. The van der Waals surface area contributed by atoms with Crippen LogP contribution in [0.4, 0.5) is 17.6 Å². The van der Waals surface area contributed by atoms with Crippen molar-refractivity contribution in [3.05, 3.63) is 129 Å². The SMILES string of the molecule is C[C@@H]1Cc2sc3ccccc3c2[C@H](c2ccc(OCCN3CC(CF)C3)cc2)N1CC(C)(C)F.C[C@H]1Cc2sc3ccccc3c2[C@@H](c2ccc(OCCN3CC(CF)C3)cc2)N1CC(C)(C)F. The summed E-state index contributed by atoms with van der Waals surface area (Å²) in [6.45, 7) is 17.6. The molecule has 0 spiro atoms. The summed E-state index contributed by atoms with van der Waals surface area (Å²) in [7, 11) is 0. The third kappa shape index (κ3) is 11.1. The molecule has 4 aromatic carbocycles. The van der Waals surface area contributed by atoms with Crippen LogP contribution in [0.3, 0.4) is 0 Å². The van der Waals surface area contributed by atoms with Crippen molar-refractivity contribution in [3.63, 3.8) is 0 Å². The first-order valence-electron chi connectivity index (χ1n) is 24.6. The summed E-state index contributed by atoms with van der Waals surface area (Å²) in [5, 5.41) is 2.56. The average Bonchev–Trinajstić information content (AvgIpc) is 3.83. The quantitative estimate of drug-likeness (QED) is 0.0899. The van der Waals surface area contributed by atoms with Gasteiger partial charge in [-0.25, -0.2) is 8.78 Å². The van der Waals surface area contributed by atoms with Crippen molar-refractivity contribution < 1.29 is 27.0 Å². The number of alkyl halides is 4. The molecule has 0 bridgehead atoms. The van der Waals surface area contributed by atoms with Crippen LogP contribution in [-0.4, -0.2) is 122 Å². The van der Waals surface area contributed by atoms with Gasteiger partial charge in [0.2, 0.25) is 0 Å². The predicted octanol–water partition coefficient (Wildman–Crippen LogP) is 12.5. The first-order valence-corrected chi connectivity index (χ1v) is 26.2. The maximum absolute atomic E-state index is 14.9. The Kier molecular flexibility index (Phi) is 14.9. The van der Waals surface area contributed by atoms with Gasteiger partial charge in [0.05, 0.1) is 25.4 Å². The Labute approximate surface area is 408 Å². The second-order valence-electron chi connectivity index (χ2n) is 21.0. The van der Waals surface area contributed by atoms with E-state index in [-0.39, 0.29) is 49.4 Å². The fraction of sp³-hybridized carbons (Fsp3) is 0.500. The third-order valence-electron chi connectivity index (χ3n) is 14.1. The van der Waals surface area contributed by atoms with E-state index >= 15 is 0 Å². The smallest absolute Gasteiger partial charge is 0.119 e. The van der Waals surface area contributed by atoms with E-state index in [1.807, 2.05) is 46.9 Å². The standard InChI is InChI=1S/2C28H34F2N2OS/c2*1-19-14-25-26(23-6-4-5-7-24(23)34-25)27(32(19)18-28(2,3)30)21-8-10-22(11-9-21)33-13-12-31-16-20(15-29)17-31/h2*4-11,19-20,27H,12-18H2,1-3H3/t2*19-,27+/m10/s1. The van der Waals surface area contributed by atoms with E-state index in [4.69, 9.17) is 9.47 Å². The molecule has 2 saturated heterocycles. The highest BCUT2D eigenvalue weighted by atomic mass is 32.1. The molecule has 6 nitrogen and oxygen atoms in total. The van der Waals surface area contributed by atoms with Crippen molar-refractivity contribution in [1.82, 2.24) is 19.6 Å². The lowest BCUT2D eigenvalue weighted by atomic mass is 9.87. The first-order chi connectivity index (χ1) is 32.6. The van der Waals surface area contributed by atoms with Crippen molar-refractivity contribution in [2.45, 2.75) is 89.9 Å². The summed E-state index contributed by atoms with van der Waals surface area (Å²) >= 11 is 3.75. The number of thiophene rings is 2. The highest BCUT2D eigenvalue weighted by molar-refractivity contribution is 7.19. The van der Waals surface area contributed by atoms with Crippen LogP contribution in [0.25, 0.3) is 20.2 Å². The van der Waals surface area contributed by atoms with Crippen LogP contribution in [0.1, 0.15) is 85.6 Å². The topological polar surface area (TPSA) is 31.4 Å². The van der Waals surface area contributed by atoms with Gasteiger partial charge in [-0.15, -0.1) is 22.7 Å². The summed E-state index contributed by atoms with van der Waals surface area (Å²) in [4.78, 5) is 11.9. The van der Waals surface area contributed by atoms with Gasteiger partial charge in [0.25, 0.3) is 0 Å². The maximum atomic E-state index is 14.9. The Morgan fingerprint density at radius 2 is 0.912 bits per heavy atom. The summed E-state index contributed by atoms with van der Waals surface area (Å²) in [6.07, 6.45) is 1.89. The van der Waals surface area contributed by atoms with E-state index in [0.717, 1.165) is 63.6 Å². The van der Waals surface area contributed by atoms with Gasteiger partial charge >= 0.3 is 0 Å². The van der Waals surface area contributed by atoms with Gasteiger partial charge in [0.15, 0.2) is 0 Å². The molecule has 0 aliphatic carbocycles. The molecule has 10 rings (SSSR count). The number of rotatable bonds is 16. The molecule has 4 aliphatic rings. The molecule has 0 saturated carbocycles. The molecule has 6 heterocycles. The molecule has 12 heteroatoms. The van der Waals surface area contributed by atoms with Crippen molar-refractivity contribution >= 4 is 42.8 Å². The van der Waals surface area contributed by atoms with E-state index in [0.29, 0.717) is 26.3 Å². The number of hydrogen-bond donors (Lipinski definition) is 0. The number of hydrogen-bond acceptors (Lipinski definition) is 8. The van der Waals surface area contributed by atoms with Crippen LogP contribution in [-0.2, 0) is 12.8 Å². The number of ether oxygens (including phenoxy) is 2. The Balaban J connectivity index is 0.000000170. The number of fused-ring (bicyclic) bond motifs is 6. The minimum Gasteiger partial charge on any atom is -0.492 e. The second kappa shape index (κ2) is 20.7. The summed E-state index contributed by atoms with van der Waals surface area (Å²) in [5.41, 5.74) is 2.44. The molecule has 4 aliphatic heterocycles. The average molecular weight is 969 g/mol. The Morgan fingerprint density at radius 1 is 0.544 bits per heavy atom. The maximum Gasteiger partial charge on any atom is 0.119 e. The van der Waals surface area contributed by atoms with Gasteiger partial charge in [-0.3, -0.25) is 28.4 Å². The third-order valence-corrected chi connectivity index (χ3v) is 16.5. The number of nitrogens with zero attached hydrogens (tertiary/aromatic N) is 4. The number of likely N-dealkylation sites (tertiary alicyclic amines) is 2. The van der Waals surface area contributed by atoms with Gasteiger partial charge in [0, 0.05) is 95.4 Å². The van der Waals surface area contributed by atoms with Gasteiger partial charge in [-0.05, 0) is 124 Å². The van der Waals surface area contributed by atoms with Crippen molar-refractivity contribution in [2.24, 2.45) is 11.8 Å². The highest BCUT2D eigenvalue weighted by Gasteiger charge is 2.40. The lowest BCUT2D eigenvalue weighted by Crippen LogP contribution is -2.49.